The second-order valence-corrected chi connectivity index (χ2v) is 10.3. The van der Waals surface area contributed by atoms with Gasteiger partial charge in [-0.25, -0.2) is 4.98 Å². The molecule has 0 aliphatic carbocycles. The van der Waals surface area contributed by atoms with Crippen LogP contribution in [0.25, 0.3) is 0 Å². The average molecular weight is 476 g/mol. The van der Waals surface area contributed by atoms with Gasteiger partial charge < -0.3 is 10.0 Å². The number of amides is 1. The van der Waals surface area contributed by atoms with E-state index >= 15 is 0 Å². The number of ketones is 1. The zero-order chi connectivity index (χ0) is 24.7. The third-order valence-electron chi connectivity index (χ3n) is 6.13. The molecule has 1 amide bonds. The summed E-state index contributed by atoms with van der Waals surface area (Å²) in [6.45, 7) is 7.84. The minimum Gasteiger partial charge on any atom is -0.503 e. The van der Waals surface area contributed by atoms with Crippen LogP contribution in [0.2, 0.25) is 0 Å². The first-order chi connectivity index (χ1) is 16.1. The molecule has 0 saturated carbocycles. The number of hydrogen-bond acceptors (Lipinski definition) is 6. The second-order valence-electron chi connectivity index (χ2n) is 9.05. The quantitative estimate of drug-likeness (QED) is 0.461. The van der Waals surface area contributed by atoms with Crippen molar-refractivity contribution >= 4 is 34.4 Å². The Balaban J connectivity index is 1.85. The Bertz CT molecular complexity index is 1270. The molecule has 1 aliphatic heterocycles. The van der Waals surface area contributed by atoms with Gasteiger partial charge in [0, 0.05) is 25.5 Å². The number of benzene rings is 2. The summed E-state index contributed by atoms with van der Waals surface area (Å²) in [7, 11) is 3.89. The van der Waals surface area contributed by atoms with Crippen LogP contribution in [-0.2, 0) is 4.79 Å². The van der Waals surface area contributed by atoms with Crippen molar-refractivity contribution in [3.8, 4) is 0 Å². The molecule has 1 N–H and O–H groups in total. The van der Waals surface area contributed by atoms with Crippen molar-refractivity contribution in [2.75, 3.05) is 23.9 Å². The number of thiazole rings is 1. The summed E-state index contributed by atoms with van der Waals surface area (Å²) in [4.78, 5) is 35.3. The second kappa shape index (κ2) is 9.06. The van der Waals surface area contributed by atoms with Crippen molar-refractivity contribution < 1.29 is 14.7 Å². The highest BCUT2D eigenvalue weighted by molar-refractivity contribution is 7.14. The van der Waals surface area contributed by atoms with Crippen LogP contribution >= 0.6 is 11.3 Å². The number of nitrogens with zero attached hydrogens (tertiary/aromatic N) is 3. The molecule has 1 aliphatic rings. The molecule has 176 valence electrons. The van der Waals surface area contributed by atoms with Crippen LogP contribution in [0, 0.1) is 13.8 Å². The minimum atomic E-state index is -0.742. The van der Waals surface area contributed by atoms with Gasteiger partial charge in [0.05, 0.1) is 27.2 Å². The number of aliphatic hydroxyl groups is 1. The lowest BCUT2D eigenvalue weighted by Gasteiger charge is -2.27. The fourth-order valence-corrected chi connectivity index (χ4v) is 5.13. The monoisotopic (exact) mass is 475 g/mol. The lowest BCUT2D eigenvalue weighted by Crippen LogP contribution is -2.31. The maximum Gasteiger partial charge on any atom is 0.294 e. The number of rotatable bonds is 6. The number of hydrogen-bond donors (Lipinski definition) is 1. The van der Waals surface area contributed by atoms with E-state index in [9.17, 15) is 14.7 Å². The summed E-state index contributed by atoms with van der Waals surface area (Å²) < 4.78 is 0. The molecule has 7 heteroatoms. The smallest absolute Gasteiger partial charge is 0.294 e. The molecule has 6 nitrogen and oxygen atoms in total. The molecule has 3 aromatic rings. The van der Waals surface area contributed by atoms with Crippen molar-refractivity contribution in [1.82, 2.24) is 4.98 Å². The molecule has 2 aromatic carbocycles. The Labute approximate surface area is 204 Å². The maximum absolute atomic E-state index is 13.7. The fourth-order valence-electron chi connectivity index (χ4n) is 4.26. The molecule has 1 atom stereocenters. The topological polar surface area (TPSA) is 73.7 Å². The zero-order valence-electron chi connectivity index (χ0n) is 20.3. The van der Waals surface area contributed by atoms with Crippen molar-refractivity contribution in [2.45, 2.75) is 39.7 Å². The lowest BCUT2D eigenvalue weighted by atomic mass is 9.92. The van der Waals surface area contributed by atoms with Crippen LogP contribution in [0.15, 0.2) is 59.9 Å². The molecule has 0 spiro atoms. The van der Waals surface area contributed by atoms with Gasteiger partial charge in [0.2, 0.25) is 5.78 Å². The van der Waals surface area contributed by atoms with E-state index in [4.69, 9.17) is 0 Å². The summed E-state index contributed by atoms with van der Waals surface area (Å²) in [5.41, 5.74) is 4.21. The first-order valence-electron chi connectivity index (χ1n) is 11.2. The van der Waals surface area contributed by atoms with Crippen LogP contribution in [0.5, 0.6) is 0 Å². The molecule has 2 heterocycles. The van der Waals surface area contributed by atoms with Gasteiger partial charge >= 0.3 is 0 Å². The van der Waals surface area contributed by atoms with E-state index in [0.29, 0.717) is 22.2 Å². The van der Waals surface area contributed by atoms with Gasteiger partial charge in [0.15, 0.2) is 5.76 Å². The van der Waals surface area contributed by atoms with Crippen molar-refractivity contribution in [1.29, 1.82) is 0 Å². The van der Waals surface area contributed by atoms with E-state index in [1.165, 1.54) is 16.2 Å². The first kappa shape index (κ1) is 23.7. The third-order valence-corrected chi connectivity index (χ3v) is 7.20. The normalized spacial score (nSPS) is 16.0. The molecule has 0 radical (unpaired) electrons. The minimum absolute atomic E-state index is 0.0886. The van der Waals surface area contributed by atoms with Crippen LogP contribution in [0.3, 0.4) is 0 Å². The number of carbonyl (C=O) groups is 2. The maximum atomic E-state index is 13.7. The first-order valence-corrected chi connectivity index (χ1v) is 12.0. The van der Waals surface area contributed by atoms with Gasteiger partial charge in [-0.2, -0.15) is 0 Å². The third kappa shape index (κ3) is 4.12. The Morgan fingerprint density at radius 3 is 2.18 bits per heavy atom. The van der Waals surface area contributed by atoms with E-state index in [2.05, 4.69) is 18.8 Å². The fraction of sp³-hybridized carbons (Fsp3) is 0.296. The molecule has 1 aromatic heterocycles. The highest BCUT2D eigenvalue weighted by Crippen LogP contribution is 2.43. The van der Waals surface area contributed by atoms with Crippen LogP contribution in [0.1, 0.15) is 57.3 Å². The van der Waals surface area contributed by atoms with Crippen LogP contribution in [-0.4, -0.2) is 35.9 Å². The van der Waals surface area contributed by atoms with Gasteiger partial charge in [-0.15, -0.1) is 11.3 Å². The number of aryl methyl sites for hydroxylation is 2. The molecule has 0 saturated heterocycles. The Kier molecular flexibility index (Phi) is 6.32. The molecule has 0 fully saturated rings. The number of aromatic nitrogens is 1. The summed E-state index contributed by atoms with van der Waals surface area (Å²) >= 11 is 1.28. The predicted molar refractivity (Wildman–Crippen MR) is 137 cm³/mol. The van der Waals surface area contributed by atoms with Gasteiger partial charge in [0.25, 0.3) is 5.91 Å². The molecular weight excluding hydrogens is 446 g/mol. The zero-order valence-corrected chi connectivity index (χ0v) is 21.1. The van der Waals surface area contributed by atoms with Crippen LogP contribution in [0.4, 0.5) is 11.4 Å². The SMILES string of the molecule is Cc1nc(C)c(C(=O)C2=C(O)C(=O)N(c3ccc(N(C)C)cc3)C2c2ccc(C(C)C)cc2)s1. The predicted octanol–water partition coefficient (Wildman–Crippen LogP) is 5.73. The summed E-state index contributed by atoms with van der Waals surface area (Å²) in [6.07, 6.45) is 0. The van der Waals surface area contributed by atoms with Crippen LogP contribution < -0.4 is 9.80 Å². The molecule has 4 rings (SSSR count). The number of Topliss-reactive ketones (excluding diaryl/α,β-unsaturated/α-hetero) is 1. The van der Waals surface area contributed by atoms with E-state index in [1.807, 2.05) is 74.4 Å². The average Bonchev–Trinajstić information content (AvgIpc) is 3.28. The van der Waals surface area contributed by atoms with E-state index in [-0.39, 0.29) is 11.4 Å². The highest BCUT2D eigenvalue weighted by Gasteiger charge is 2.45. The summed E-state index contributed by atoms with van der Waals surface area (Å²) in [5.74, 6) is -1.11. The largest absolute Gasteiger partial charge is 0.503 e. The highest BCUT2D eigenvalue weighted by atomic mass is 32.1. The van der Waals surface area contributed by atoms with Gasteiger partial charge in [-0.3, -0.25) is 14.5 Å². The number of aliphatic hydroxyl groups excluding tert-OH is 1. The van der Waals surface area contributed by atoms with Crippen molar-refractivity contribution in [3.05, 3.63) is 86.6 Å². The molecular formula is C27H29N3O3S. The molecule has 0 bridgehead atoms. The standard InChI is InChI=1S/C27H29N3O3S/c1-15(2)18-7-9-19(10-8-18)23-22(24(31)26-16(3)28-17(4)34-26)25(32)27(33)30(23)21-13-11-20(12-14-21)29(5)6/h7-15,23,32H,1-6H3. The van der Waals surface area contributed by atoms with E-state index in [0.717, 1.165) is 21.8 Å². The molecule has 1 unspecified atom stereocenters. The summed E-state index contributed by atoms with van der Waals surface area (Å²) in [5, 5.41) is 11.7. The lowest BCUT2D eigenvalue weighted by molar-refractivity contribution is -0.117. The van der Waals surface area contributed by atoms with Gasteiger partial charge in [0.1, 0.15) is 0 Å². The van der Waals surface area contributed by atoms with Crippen molar-refractivity contribution in [2.24, 2.45) is 0 Å². The Morgan fingerprint density at radius 1 is 1.06 bits per heavy atom. The van der Waals surface area contributed by atoms with E-state index < -0.39 is 17.7 Å². The Hall–Kier alpha value is -3.45. The number of carbonyl (C=O) groups excluding carboxylic acids is 2. The van der Waals surface area contributed by atoms with Gasteiger partial charge in [-0.05, 0) is 55.2 Å². The van der Waals surface area contributed by atoms with Crippen molar-refractivity contribution in [3.63, 3.8) is 0 Å². The van der Waals surface area contributed by atoms with Gasteiger partial charge in [-0.1, -0.05) is 38.1 Å². The summed E-state index contributed by atoms with van der Waals surface area (Å²) in [6, 6.07) is 14.7. The molecule has 34 heavy (non-hydrogen) atoms. The number of anilines is 2. The Morgan fingerprint density at radius 2 is 1.68 bits per heavy atom. The van der Waals surface area contributed by atoms with E-state index in [1.54, 1.807) is 6.92 Å².